The third-order valence-corrected chi connectivity index (χ3v) is 3.45. The largest absolute Gasteiger partial charge is 0.179 e. The number of hydrogen-bond acceptors (Lipinski definition) is 1. The summed E-state index contributed by atoms with van der Waals surface area (Å²) in [6.45, 7) is 6.94. The summed E-state index contributed by atoms with van der Waals surface area (Å²) in [5, 5.41) is 0. The molecule has 0 spiro atoms. The molecule has 1 heteroatoms. The minimum Gasteiger partial charge on any atom is -0.179 e. The second-order valence-electron chi connectivity index (χ2n) is 4.20. The number of hydrogen-bond donors (Lipinski definition) is 1. The Bertz CT molecular complexity index is 101. The van der Waals surface area contributed by atoms with Crippen molar-refractivity contribution < 1.29 is 0 Å². The lowest BCUT2D eigenvalue weighted by molar-refractivity contribution is 0.335. The van der Waals surface area contributed by atoms with Gasteiger partial charge in [-0.2, -0.15) is 12.6 Å². The maximum absolute atomic E-state index is 4.45. The minimum absolute atomic E-state index is 0.856. The fourth-order valence-corrected chi connectivity index (χ4v) is 2.33. The molecular formula is C12H26S. The van der Waals surface area contributed by atoms with Gasteiger partial charge in [0.1, 0.15) is 0 Å². The highest BCUT2D eigenvalue weighted by atomic mass is 32.1. The van der Waals surface area contributed by atoms with Crippen LogP contribution in [0.5, 0.6) is 0 Å². The molecule has 0 aromatic heterocycles. The molecule has 0 heterocycles. The van der Waals surface area contributed by atoms with E-state index in [1.165, 1.54) is 38.5 Å². The van der Waals surface area contributed by atoms with Crippen molar-refractivity contribution in [3.8, 4) is 0 Å². The molecule has 0 bridgehead atoms. The summed E-state index contributed by atoms with van der Waals surface area (Å²) in [7, 11) is 0. The topological polar surface area (TPSA) is 0 Å². The van der Waals surface area contributed by atoms with Gasteiger partial charge in [0.15, 0.2) is 0 Å². The molecule has 0 fully saturated rings. The second-order valence-corrected chi connectivity index (χ2v) is 4.57. The Morgan fingerprint density at radius 3 is 2.00 bits per heavy atom. The maximum atomic E-state index is 4.45. The van der Waals surface area contributed by atoms with E-state index in [1.54, 1.807) is 0 Å². The molecule has 0 N–H and O–H groups in total. The first-order chi connectivity index (χ1) is 6.26. The van der Waals surface area contributed by atoms with Gasteiger partial charge in [-0.25, -0.2) is 0 Å². The molecule has 80 valence electrons. The van der Waals surface area contributed by atoms with E-state index in [1.807, 2.05) is 0 Å². The minimum atomic E-state index is 0.856. The van der Waals surface area contributed by atoms with E-state index in [0.29, 0.717) is 0 Å². The highest BCUT2D eigenvalue weighted by Crippen LogP contribution is 2.24. The van der Waals surface area contributed by atoms with E-state index in [4.69, 9.17) is 0 Å². The third kappa shape index (κ3) is 6.42. The van der Waals surface area contributed by atoms with Crippen molar-refractivity contribution in [1.29, 1.82) is 0 Å². The zero-order valence-corrected chi connectivity index (χ0v) is 10.4. The fraction of sp³-hybridized carbons (Fsp3) is 1.00. The SMILES string of the molecule is CCCCC(C)C(CS)CCCC. The van der Waals surface area contributed by atoms with Crippen LogP contribution in [0.1, 0.15) is 59.3 Å². The van der Waals surface area contributed by atoms with Crippen LogP contribution in [0.25, 0.3) is 0 Å². The average Bonchev–Trinajstić information content (AvgIpc) is 2.16. The van der Waals surface area contributed by atoms with Crippen LogP contribution >= 0.6 is 12.6 Å². The zero-order chi connectivity index (χ0) is 10.1. The summed E-state index contributed by atoms with van der Waals surface area (Å²) < 4.78 is 0. The van der Waals surface area contributed by atoms with Crippen molar-refractivity contribution in [3.05, 3.63) is 0 Å². The van der Waals surface area contributed by atoms with Crippen LogP contribution < -0.4 is 0 Å². The van der Waals surface area contributed by atoms with E-state index < -0.39 is 0 Å². The third-order valence-electron chi connectivity index (χ3n) is 2.98. The maximum Gasteiger partial charge on any atom is -0.00670 e. The molecule has 0 amide bonds. The van der Waals surface area contributed by atoms with Gasteiger partial charge in [0.25, 0.3) is 0 Å². The van der Waals surface area contributed by atoms with Crippen molar-refractivity contribution >= 4 is 12.6 Å². The molecule has 2 atom stereocenters. The molecule has 0 aromatic carbocycles. The molecular weight excluding hydrogens is 176 g/mol. The van der Waals surface area contributed by atoms with E-state index in [2.05, 4.69) is 33.4 Å². The molecule has 0 aliphatic rings. The standard InChI is InChI=1S/C12H26S/c1-4-6-8-11(3)12(10-13)9-7-5-2/h11-13H,4-10H2,1-3H3. The summed E-state index contributed by atoms with van der Waals surface area (Å²) in [6.07, 6.45) is 8.19. The number of thiol groups is 1. The van der Waals surface area contributed by atoms with E-state index in [9.17, 15) is 0 Å². The highest BCUT2D eigenvalue weighted by Gasteiger charge is 2.14. The molecule has 0 radical (unpaired) electrons. The fourth-order valence-electron chi connectivity index (χ4n) is 1.78. The number of unbranched alkanes of at least 4 members (excludes halogenated alkanes) is 2. The summed E-state index contributed by atoms with van der Waals surface area (Å²) in [5.41, 5.74) is 0. The van der Waals surface area contributed by atoms with Crippen LogP contribution in [0.4, 0.5) is 0 Å². The Kier molecular flexibility index (Phi) is 9.17. The van der Waals surface area contributed by atoms with Crippen molar-refractivity contribution in [2.75, 3.05) is 5.75 Å². The average molecular weight is 202 g/mol. The lowest BCUT2D eigenvalue weighted by atomic mass is 9.87. The van der Waals surface area contributed by atoms with Crippen LogP contribution in [-0.2, 0) is 0 Å². The molecule has 0 saturated carbocycles. The monoisotopic (exact) mass is 202 g/mol. The van der Waals surface area contributed by atoms with Gasteiger partial charge in [-0.1, -0.05) is 52.9 Å². The Morgan fingerprint density at radius 2 is 1.54 bits per heavy atom. The first-order valence-corrected chi connectivity index (χ1v) is 6.50. The van der Waals surface area contributed by atoms with Gasteiger partial charge in [0.05, 0.1) is 0 Å². The molecule has 2 unspecified atom stereocenters. The smallest absolute Gasteiger partial charge is 0.00670 e. The van der Waals surface area contributed by atoms with Gasteiger partial charge in [-0.05, 0) is 24.0 Å². The Balaban J connectivity index is 3.63. The Labute approximate surface area is 89.9 Å². The van der Waals surface area contributed by atoms with Gasteiger partial charge in [-0.3, -0.25) is 0 Å². The molecule has 0 aliphatic heterocycles. The second kappa shape index (κ2) is 8.93. The van der Waals surface area contributed by atoms with Crippen LogP contribution in [0, 0.1) is 11.8 Å². The Morgan fingerprint density at radius 1 is 1.00 bits per heavy atom. The van der Waals surface area contributed by atoms with E-state index >= 15 is 0 Å². The predicted molar refractivity (Wildman–Crippen MR) is 65.6 cm³/mol. The van der Waals surface area contributed by atoms with Gasteiger partial charge >= 0.3 is 0 Å². The van der Waals surface area contributed by atoms with Gasteiger partial charge in [0, 0.05) is 0 Å². The zero-order valence-electron chi connectivity index (χ0n) is 9.55. The van der Waals surface area contributed by atoms with Crippen LogP contribution in [-0.4, -0.2) is 5.75 Å². The normalized spacial score (nSPS) is 15.7. The molecule has 0 saturated heterocycles. The summed E-state index contributed by atoms with van der Waals surface area (Å²) in [6, 6.07) is 0. The van der Waals surface area contributed by atoms with Crippen molar-refractivity contribution in [2.24, 2.45) is 11.8 Å². The lowest BCUT2D eigenvalue weighted by Gasteiger charge is -2.21. The van der Waals surface area contributed by atoms with Crippen molar-refractivity contribution in [1.82, 2.24) is 0 Å². The molecule has 0 nitrogen and oxygen atoms in total. The van der Waals surface area contributed by atoms with Gasteiger partial charge < -0.3 is 0 Å². The van der Waals surface area contributed by atoms with Crippen LogP contribution in [0.15, 0.2) is 0 Å². The van der Waals surface area contributed by atoms with Crippen molar-refractivity contribution in [2.45, 2.75) is 59.3 Å². The first kappa shape index (κ1) is 13.4. The van der Waals surface area contributed by atoms with E-state index in [0.717, 1.165) is 17.6 Å². The summed E-state index contributed by atoms with van der Waals surface area (Å²) in [4.78, 5) is 0. The quantitative estimate of drug-likeness (QED) is 0.549. The van der Waals surface area contributed by atoms with Crippen LogP contribution in [0.2, 0.25) is 0 Å². The van der Waals surface area contributed by atoms with Gasteiger partial charge in [-0.15, -0.1) is 0 Å². The Hall–Kier alpha value is 0.350. The molecule has 0 aliphatic carbocycles. The molecule has 0 aromatic rings. The number of rotatable bonds is 8. The van der Waals surface area contributed by atoms with E-state index in [-0.39, 0.29) is 0 Å². The molecule has 0 rings (SSSR count). The summed E-state index contributed by atoms with van der Waals surface area (Å²) >= 11 is 4.45. The summed E-state index contributed by atoms with van der Waals surface area (Å²) in [5.74, 6) is 2.81. The van der Waals surface area contributed by atoms with Crippen molar-refractivity contribution in [3.63, 3.8) is 0 Å². The molecule has 13 heavy (non-hydrogen) atoms. The first-order valence-electron chi connectivity index (χ1n) is 5.87. The highest BCUT2D eigenvalue weighted by molar-refractivity contribution is 7.80. The van der Waals surface area contributed by atoms with Gasteiger partial charge in [0.2, 0.25) is 0 Å². The lowest BCUT2D eigenvalue weighted by Crippen LogP contribution is -2.13. The predicted octanol–water partition coefficient (Wildman–Crippen LogP) is 4.55. The van der Waals surface area contributed by atoms with Crippen LogP contribution in [0.3, 0.4) is 0 Å².